The molecule has 2 unspecified atom stereocenters. The summed E-state index contributed by atoms with van der Waals surface area (Å²) in [5.74, 6) is 5.02. The zero-order valence-electron chi connectivity index (χ0n) is 8.52. The summed E-state index contributed by atoms with van der Waals surface area (Å²) in [6, 6.07) is 6.98. The van der Waals surface area contributed by atoms with Crippen LogP contribution in [0.1, 0.15) is 5.56 Å². The van der Waals surface area contributed by atoms with E-state index in [9.17, 15) is 25.3 Å². The molecule has 0 heterocycles. The number of aliphatic hydroxyl groups is 1. The number of nitrogens with zero attached hydrogens (tertiary/aromatic N) is 2. The Kier molecular flexibility index (Phi) is 3.68. The highest BCUT2D eigenvalue weighted by Crippen LogP contribution is 2.25. The Balaban J connectivity index is 3.38. The molecule has 1 aromatic carbocycles. The number of nitrogens with one attached hydrogen (secondary N) is 1. The fourth-order valence-electron chi connectivity index (χ4n) is 1.40. The molecule has 9 nitrogen and oxygen atoms in total. The van der Waals surface area contributed by atoms with E-state index in [2.05, 4.69) is 0 Å². The lowest BCUT2D eigenvalue weighted by Gasteiger charge is -2.23. The lowest BCUT2D eigenvalue weighted by molar-refractivity contribution is -0.698. The van der Waals surface area contributed by atoms with Crippen molar-refractivity contribution in [2.45, 2.75) is 11.9 Å². The van der Waals surface area contributed by atoms with Crippen LogP contribution in [0.4, 0.5) is 0 Å². The Bertz CT molecular complexity index is 425. The van der Waals surface area contributed by atoms with Gasteiger partial charge in [-0.25, -0.2) is 0 Å². The van der Waals surface area contributed by atoms with Crippen molar-refractivity contribution < 1.29 is 15.0 Å². The molecule has 0 fully saturated rings. The van der Waals surface area contributed by atoms with Gasteiger partial charge in [-0.15, -0.1) is 0 Å². The molecule has 9 heteroatoms. The van der Waals surface area contributed by atoms with Crippen molar-refractivity contribution in [2.75, 3.05) is 0 Å². The van der Waals surface area contributed by atoms with Gasteiger partial charge in [-0.05, 0) is 12.1 Å². The van der Waals surface area contributed by atoms with Crippen LogP contribution < -0.4 is 11.3 Å². The molecule has 0 aliphatic carbocycles. The number of rotatable bonds is 5. The Morgan fingerprint density at radius 1 is 1.29 bits per heavy atom. The van der Waals surface area contributed by atoms with E-state index in [4.69, 9.17) is 5.84 Å². The van der Waals surface area contributed by atoms with Crippen molar-refractivity contribution in [3.05, 3.63) is 56.1 Å². The molecule has 0 aromatic heterocycles. The van der Waals surface area contributed by atoms with E-state index in [1.54, 1.807) is 11.5 Å². The van der Waals surface area contributed by atoms with E-state index in [0.29, 0.717) is 0 Å². The average Bonchev–Trinajstić information content (AvgIpc) is 2.31. The Hall–Kier alpha value is -2.10. The number of hydrogen-bond donors (Lipinski definition) is 3. The van der Waals surface area contributed by atoms with Crippen LogP contribution in [0.5, 0.6) is 0 Å². The molecule has 1 aromatic rings. The molecule has 0 bridgehead atoms. The molecular formula is C8H10N4O5. The summed E-state index contributed by atoms with van der Waals surface area (Å²) in [6.45, 7) is 0. The number of aliphatic hydroxyl groups excluding tert-OH is 1. The van der Waals surface area contributed by atoms with Crippen molar-refractivity contribution >= 4 is 0 Å². The Labute approximate surface area is 95.1 Å². The molecule has 0 saturated heterocycles. The minimum Gasteiger partial charge on any atom is -0.326 e. The highest BCUT2D eigenvalue weighted by atomic mass is 16.7. The van der Waals surface area contributed by atoms with Crippen molar-refractivity contribution in [1.29, 1.82) is 0 Å². The number of nitrogens with two attached hydrogens (primary N) is 1. The van der Waals surface area contributed by atoms with E-state index in [-0.39, 0.29) is 5.56 Å². The van der Waals surface area contributed by atoms with Crippen molar-refractivity contribution in [1.82, 2.24) is 5.43 Å². The van der Waals surface area contributed by atoms with Gasteiger partial charge in [-0.3, -0.25) is 26.1 Å². The quantitative estimate of drug-likeness (QED) is 0.264. The second kappa shape index (κ2) is 4.82. The number of hydrogen-bond acceptors (Lipinski definition) is 7. The smallest absolute Gasteiger partial charge is 0.326 e. The summed E-state index contributed by atoms with van der Waals surface area (Å²) < 4.78 is 0. The van der Waals surface area contributed by atoms with Crippen molar-refractivity contribution in [3.63, 3.8) is 0 Å². The molecule has 0 amide bonds. The molecule has 1 rings (SSSR count). The van der Waals surface area contributed by atoms with E-state index < -0.39 is 21.7 Å². The van der Waals surface area contributed by atoms with Crippen molar-refractivity contribution in [3.8, 4) is 0 Å². The molecule has 0 aliphatic heterocycles. The van der Waals surface area contributed by atoms with Gasteiger partial charge in [0.2, 0.25) is 0 Å². The second-order valence-corrected chi connectivity index (χ2v) is 3.19. The molecule has 4 N–H and O–H groups in total. The molecule has 17 heavy (non-hydrogen) atoms. The summed E-state index contributed by atoms with van der Waals surface area (Å²) in [5.41, 5.74) is -0.971. The first kappa shape index (κ1) is 13.0. The minimum atomic E-state index is -2.58. The lowest BCUT2D eigenvalue weighted by atomic mass is 9.99. The summed E-state index contributed by atoms with van der Waals surface area (Å²) in [5, 5.41) is 30.9. The monoisotopic (exact) mass is 242 g/mol. The SMILES string of the molecule is NNC(c1ccccc1)(C(O)[N+](=O)[O-])[N+](=O)[O-]. The normalized spacial score (nSPS) is 15.9. The maximum absolute atomic E-state index is 11.0. The third-order valence-corrected chi connectivity index (χ3v) is 2.30. The third kappa shape index (κ3) is 2.06. The van der Waals surface area contributed by atoms with Crippen LogP contribution in [0.25, 0.3) is 0 Å². The van der Waals surface area contributed by atoms with Gasteiger partial charge in [0, 0.05) is 0 Å². The largest absolute Gasteiger partial charge is 0.405 e. The highest BCUT2D eigenvalue weighted by molar-refractivity contribution is 5.22. The van der Waals surface area contributed by atoms with E-state index in [0.717, 1.165) is 0 Å². The van der Waals surface area contributed by atoms with Crippen LogP contribution in [0.2, 0.25) is 0 Å². The summed E-state index contributed by atoms with van der Waals surface area (Å²) in [4.78, 5) is 19.3. The molecule has 0 aliphatic rings. The van der Waals surface area contributed by atoms with Crippen LogP contribution in [-0.2, 0) is 5.66 Å². The standard InChI is InChI=1S/C8H10N4O5/c9-10-8(12(16)17,7(13)11(14)15)6-4-2-1-3-5-6/h1-5,7,10,13H,9H2. The fraction of sp³-hybridized carbons (Fsp3) is 0.250. The van der Waals surface area contributed by atoms with Gasteiger partial charge in [0.25, 0.3) is 0 Å². The number of hydrazine groups is 1. The van der Waals surface area contributed by atoms with Crippen LogP contribution in [-0.4, -0.2) is 21.2 Å². The van der Waals surface area contributed by atoms with E-state index in [1.807, 2.05) is 0 Å². The molecular weight excluding hydrogens is 232 g/mol. The van der Waals surface area contributed by atoms with Gasteiger partial charge in [0.05, 0.1) is 15.4 Å². The fourth-order valence-corrected chi connectivity index (χ4v) is 1.40. The topological polar surface area (TPSA) is 145 Å². The molecule has 0 saturated carbocycles. The zero-order chi connectivity index (χ0) is 13.1. The first-order valence-corrected chi connectivity index (χ1v) is 4.46. The molecule has 0 spiro atoms. The molecule has 2 atom stereocenters. The van der Waals surface area contributed by atoms with Crippen LogP contribution in [0.15, 0.2) is 30.3 Å². The van der Waals surface area contributed by atoms with Gasteiger partial charge in [0.1, 0.15) is 0 Å². The van der Waals surface area contributed by atoms with Crippen LogP contribution in [0.3, 0.4) is 0 Å². The molecule has 92 valence electrons. The van der Waals surface area contributed by atoms with Crippen LogP contribution in [0, 0.1) is 20.2 Å². The average molecular weight is 242 g/mol. The first-order chi connectivity index (χ1) is 7.96. The summed E-state index contributed by atoms with van der Waals surface area (Å²) in [6.07, 6.45) is -2.51. The van der Waals surface area contributed by atoms with Crippen LogP contribution >= 0.6 is 0 Å². The predicted molar refractivity (Wildman–Crippen MR) is 55.4 cm³/mol. The number of benzene rings is 1. The summed E-state index contributed by atoms with van der Waals surface area (Å²) in [7, 11) is 0. The summed E-state index contributed by atoms with van der Waals surface area (Å²) >= 11 is 0. The predicted octanol–water partition coefficient (Wildman–Crippen LogP) is -0.825. The second-order valence-electron chi connectivity index (χ2n) is 3.19. The number of nitro groups is 2. The van der Waals surface area contributed by atoms with Gasteiger partial charge in [-0.2, -0.15) is 5.43 Å². The Morgan fingerprint density at radius 3 is 2.18 bits per heavy atom. The van der Waals surface area contributed by atoms with E-state index in [1.165, 1.54) is 24.3 Å². The molecule has 0 radical (unpaired) electrons. The first-order valence-electron chi connectivity index (χ1n) is 4.46. The zero-order valence-corrected chi connectivity index (χ0v) is 8.52. The maximum atomic E-state index is 11.0. The van der Waals surface area contributed by atoms with Gasteiger partial charge in [-0.1, -0.05) is 18.2 Å². The third-order valence-electron chi connectivity index (χ3n) is 2.30. The van der Waals surface area contributed by atoms with Crippen molar-refractivity contribution in [2.24, 2.45) is 5.84 Å². The van der Waals surface area contributed by atoms with Gasteiger partial charge < -0.3 is 5.11 Å². The maximum Gasteiger partial charge on any atom is 0.405 e. The minimum absolute atomic E-state index is 0.114. The Morgan fingerprint density at radius 2 is 1.82 bits per heavy atom. The highest BCUT2D eigenvalue weighted by Gasteiger charge is 2.59. The van der Waals surface area contributed by atoms with E-state index >= 15 is 0 Å². The lowest BCUT2D eigenvalue weighted by Crippen LogP contribution is -2.62. The van der Waals surface area contributed by atoms with Gasteiger partial charge in [0.15, 0.2) is 0 Å². The van der Waals surface area contributed by atoms with Gasteiger partial charge >= 0.3 is 11.9 Å².